The molecule has 2 aromatic rings. The largest absolute Gasteiger partial charge is 0.466 e. The van der Waals surface area contributed by atoms with Crippen LogP contribution < -0.4 is 10.6 Å². The van der Waals surface area contributed by atoms with E-state index in [2.05, 4.69) is 10.6 Å². The Hall–Kier alpha value is -3.09. The van der Waals surface area contributed by atoms with E-state index in [0.717, 1.165) is 10.5 Å². The summed E-state index contributed by atoms with van der Waals surface area (Å²) in [5.74, 6) is -0.413. The zero-order chi connectivity index (χ0) is 18.9. The molecular weight excluding hydrogens is 334 g/mol. The third kappa shape index (κ3) is 3.08. The molecule has 0 spiro atoms. The number of carbonyl (C=O) groups is 3. The summed E-state index contributed by atoms with van der Waals surface area (Å²) in [4.78, 5) is 38.3. The molecule has 2 N–H and O–H groups in total. The van der Waals surface area contributed by atoms with Crippen molar-refractivity contribution in [1.82, 2.24) is 10.2 Å². The Bertz CT molecular complexity index is 844. The van der Waals surface area contributed by atoms with E-state index < -0.39 is 23.4 Å². The second-order valence-electron chi connectivity index (χ2n) is 6.71. The van der Waals surface area contributed by atoms with Gasteiger partial charge in [0, 0.05) is 5.69 Å². The molecule has 4 amide bonds. The van der Waals surface area contributed by atoms with E-state index in [9.17, 15) is 14.4 Å². The maximum absolute atomic E-state index is 12.7. The lowest BCUT2D eigenvalue weighted by atomic mass is 9.99. The summed E-state index contributed by atoms with van der Waals surface area (Å²) in [7, 11) is 0. The summed E-state index contributed by atoms with van der Waals surface area (Å²) in [6.45, 7) is 5.24. The molecule has 136 valence electrons. The van der Waals surface area contributed by atoms with Gasteiger partial charge < -0.3 is 15.1 Å². The molecule has 0 bridgehead atoms. The van der Waals surface area contributed by atoms with Crippen LogP contribution in [0.1, 0.15) is 38.0 Å². The highest BCUT2D eigenvalue weighted by Crippen LogP contribution is 2.29. The lowest BCUT2D eigenvalue weighted by Gasteiger charge is -2.19. The van der Waals surface area contributed by atoms with Crippen molar-refractivity contribution in [2.75, 3.05) is 11.9 Å². The van der Waals surface area contributed by atoms with Crippen LogP contribution in [0.5, 0.6) is 0 Å². The van der Waals surface area contributed by atoms with E-state index in [1.807, 2.05) is 32.0 Å². The van der Waals surface area contributed by atoms with Crippen LogP contribution in [0.15, 0.2) is 47.1 Å². The highest BCUT2D eigenvalue weighted by Gasteiger charge is 2.51. The molecule has 1 aliphatic rings. The van der Waals surface area contributed by atoms with E-state index in [1.165, 1.54) is 6.26 Å². The van der Waals surface area contributed by atoms with Crippen molar-refractivity contribution in [2.24, 2.45) is 0 Å². The fourth-order valence-electron chi connectivity index (χ4n) is 3.02. The molecule has 3 rings (SSSR count). The average molecular weight is 355 g/mol. The number of carbonyl (C=O) groups excluding carboxylic acids is 3. The highest BCUT2D eigenvalue weighted by molar-refractivity contribution is 6.10. The van der Waals surface area contributed by atoms with Crippen molar-refractivity contribution in [1.29, 1.82) is 0 Å². The topological polar surface area (TPSA) is 91.7 Å². The van der Waals surface area contributed by atoms with Crippen molar-refractivity contribution in [3.63, 3.8) is 0 Å². The van der Waals surface area contributed by atoms with Crippen molar-refractivity contribution >= 4 is 23.5 Å². The van der Waals surface area contributed by atoms with Gasteiger partial charge in [-0.2, -0.15) is 0 Å². The van der Waals surface area contributed by atoms with Crippen LogP contribution in [-0.4, -0.2) is 29.3 Å². The molecule has 26 heavy (non-hydrogen) atoms. The molecule has 0 radical (unpaired) electrons. The lowest BCUT2D eigenvalue weighted by molar-refractivity contribution is -0.134. The fraction of sp³-hybridized carbons (Fsp3) is 0.316. The normalized spacial score (nSPS) is 19.8. The summed E-state index contributed by atoms with van der Waals surface area (Å²) < 4.78 is 5.27. The molecule has 7 nitrogen and oxygen atoms in total. The predicted octanol–water partition coefficient (Wildman–Crippen LogP) is 2.81. The van der Waals surface area contributed by atoms with Gasteiger partial charge in [0.2, 0.25) is 5.91 Å². The summed E-state index contributed by atoms with van der Waals surface area (Å²) in [5.41, 5.74) is 0.350. The molecule has 1 fully saturated rings. The fourth-order valence-corrected chi connectivity index (χ4v) is 3.02. The van der Waals surface area contributed by atoms with Crippen LogP contribution in [0.25, 0.3) is 0 Å². The van der Waals surface area contributed by atoms with Gasteiger partial charge in [-0.15, -0.1) is 0 Å². The number of rotatable bonds is 5. The van der Waals surface area contributed by atoms with Crippen molar-refractivity contribution in [3.05, 3.63) is 54.0 Å². The maximum Gasteiger partial charge on any atom is 0.325 e. The monoisotopic (exact) mass is 355 g/mol. The van der Waals surface area contributed by atoms with Crippen LogP contribution in [0, 0.1) is 0 Å². The van der Waals surface area contributed by atoms with Gasteiger partial charge in [-0.1, -0.05) is 32.0 Å². The van der Waals surface area contributed by atoms with Crippen molar-refractivity contribution in [2.45, 2.75) is 32.2 Å². The molecule has 2 heterocycles. The summed E-state index contributed by atoms with van der Waals surface area (Å²) in [6, 6.07) is 10.1. The van der Waals surface area contributed by atoms with E-state index in [4.69, 9.17) is 4.42 Å². The third-order valence-corrected chi connectivity index (χ3v) is 4.45. The molecular formula is C19H21N3O4. The average Bonchev–Trinajstić information content (AvgIpc) is 3.20. The first-order valence-corrected chi connectivity index (χ1v) is 8.40. The zero-order valence-corrected chi connectivity index (χ0v) is 14.9. The van der Waals surface area contributed by atoms with Gasteiger partial charge in [0.15, 0.2) is 5.54 Å². The van der Waals surface area contributed by atoms with E-state index in [0.29, 0.717) is 11.4 Å². The number of anilines is 1. The van der Waals surface area contributed by atoms with Crippen LogP contribution in [-0.2, 0) is 15.1 Å². The van der Waals surface area contributed by atoms with Crippen molar-refractivity contribution < 1.29 is 18.8 Å². The first kappa shape index (κ1) is 17.7. The molecule has 1 aromatic heterocycles. The van der Waals surface area contributed by atoms with Crippen molar-refractivity contribution in [3.8, 4) is 0 Å². The SMILES string of the molecule is CC(C)c1ccccc1NC(=O)CN1C(=O)NC(C)(c2ccco2)C1=O. The van der Waals surface area contributed by atoms with Gasteiger partial charge in [-0.3, -0.25) is 14.5 Å². The second-order valence-corrected chi connectivity index (χ2v) is 6.71. The van der Waals surface area contributed by atoms with Gasteiger partial charge in [0.05, 0.1) is 6.26 Å². The van der Waals surface area contributed by atoms with Crippen LogP contribution in [0.4, 0.5) is 10.5 Å². The number of para-hydroxylation sites is 1. The number of urea groups is 1. The van der Waals surface area contributed by atoms with Gasteiger partial charge in [0.1, 0.15) is 12.3 Å². The third-order valence-electron chi connectivity index (χ3n) is 4.45. The Morgan fingerprint density at radius 3 is 2.62 bits per heavy atom. The first-order chi connectivity index (χ1) is 12.3. The number of imide groups is 1. The lowest BCUT2D eigenvalue weighted by Crippen LogP contribution is -2.41. The number of benzene rings is 1. The maximum atomic E-state index is 12.7. The Morgan fingerprint density at radius 2 is 1.96 bits per heavy atom. The minimum absolute atomic E-state index is 0.227. The number of furan rings is 1. The quantitative estimate of drug-likeness (QED) is 0.807. The second kappa shape index (κ2) is 6.67. The van der Waals surface area contributed by atoms with Gasteiger partial charge in [-0.25, -0.2) is 4.79 Å². The standard InChI is InChI=1S/C19H21N3O4/c1-12(2)13-7-4-5-8-14(13)20-16(23)11-22-17(24)19(3,21-18(22)25)15-9-6-10-26-15/h4-10,12H,11H2,1-3H3,(H,20,23)(H,21,25). The Morgan fingerprint density at radius 1 is 1.23 bits per heavy atom. The highest BCUT2D eigenvalue weighted by atomic mass is 16.3. The van der Waals surface area contributed by atoms with Crippen LogP contribution in [0.3, 0.4) is 0 Å². The number of hydrogen-bond donors (Lipinski definition) is 2. The molecule has 0 aliphatic carbocycles. The minimum atomic E-state index is -1.31. The summed E-state index contributed by atoms with van der Waals surface area (Å²) in [6.07, 6.45) is 1.43. The molecule has 7 heteroatoms. The first-order valence-electron chi connectivity index (χ1n) is 8.40. The Balaban J connectivity index is 1.74. The number of amides is 4. The number of nitrogens with zero attached hydrogens (tertiary/aromatic N) is 1. The summed E-state index contributed by atoms with van der Waals surface area (Å²) in [5, 5.41) is 5.38. The van der Waals surface area contributed by atoms with Gasteiger partial charge >= 0.3 is 6.03 Å². The zero-order valence-electron chi connectivity index (χ0n) is 14.9. The number of nitrogens with one attached hydrogen (secondary N) is 2. The van der Waals surface area contributed by atoms with Crippen LogP contribution in [0.2, 0.25) is 0 Å². The van der Waals surface area contributed by atoms with Gasteiger partial charge in [-0.05, 0) is 36.6 Å². The van der Waals surface area contributed by atoms with E-state index >= 15 is 0 Å². The van der Waals surface area contributed by atoms with Gasteiger partial charge in [0.25, 0.3) is 5.91 Å². The molecule has 0 saturated carbocycles. The minimum Gasteiger partial charge on any atom is -0.466 e. The molecule has 1 saturated heterocycles. The Labute approximate surface area is 151 Å². The molecule has 1 aliphatic heterocycles. The predicted molar refractivity (Wildman–Crippen MR) is 95.5 cm³/mol. The molecule has 1 unspecified atom stereocenters. The molecule has 1 aromatic carbocycles. The van der Waals surface area contributed by atoms with E-state index in [1.54, 1.807) is 25.1 Å². The summed E-state index contributed by atoms with van der Waals surface area (Å²) >= 11 is 0. The number of hydrogen-bond acceptors (Lipinski definition) is 4. The molecule has 1 atom stereocenters. The van der Waals surface area contributed by atoms with E-state index in [-0.39, 0.29) is 12.5 Å². The Kier molecular flexibility index (Phi) is 4.54. The van der Waals surface area contributed by atoms with Crippen LogP contribution >= 0.6 is 0 Å². The smallest absolute Gasteiger partial charge is 0.325 e.